The molecule has 10 nitrogen and oxygen atoms in total. The number of hydrogen-bond donors (Lipinski definition) is 1. The predicted octanol–water partition coefficient (Wildman–Crippen LogP) is 12.3. The molecule has 8 rings (SSSR count). The van der Waals surface area contributed by atoms with Gasteiger partial charge in [0, 0.05) is 45.0 Å². The number of hydrogen-bond acceptors (Lipinski definition) is 7. The van der Waals surface area contributed by atoms with Crippen LogP contribution in [-0.2, 0) is 18.0 Å². The molecule has 4 heterocycles. The van der Waals surface area contributed by atoms with Gasteiger partial charge in [-0.15, -0.1) is 0 Å². The van der Waals surface area contributed by atoms with Gasteiger partial charge in [0.05, 0.1) is 29.1 Å². The number of aromatic nitrogens is 4. The Morgan fingerprint density at radius 1 is 0.594 bits per heavy atom. The summed E-state index contributed by atoms with van der Waals surface area (Å²) in [6.07, 6.45) is 3.04. The first-order valence-corrected chi connectivity index (χ1v) is 20.7. The molecule has 0 aliphatic carbocycles. The fraction of sp³-hybridized carbons (Fsp3) is 0.120. The summed E-state index contributed by atoms with van der Waals surface area (Å²) in [5.41, 5.74) is 7.06. The molecule has 0 atom stereocenters. The molecule has 4 aromatic heterocycles. The second-order valence-corrected chi connectivity index (χ2v) is 15.2. The molecule has 1 N–H and O–H groups in total. The van der Waals surface area contributed by atoms with E-state index in [1.54, 1.807) is 79.9 Å². The minimum Gasteiger partial charge on any atom is -0.488 e. The van der Waals surface area contributed by atoms with E-state index in [1.165, 1.54) is 42.6 Å². The van der Waals surface area contributed by atoms with E-state index in [9.17, 15) is 23.5 Å². The van der Waals surface area contributed by atoms with Gasteiger partial charge in [0.15, 0.2) is 0 Å². The molecule has 64 heavy (non-hydrogen) atoms. The number of benzene rings is 4. The summed E-state index contributed by atoms with van der Waals surface area (Å²) in [7, 11) is 0. The van der Waals surface area contributed by atoms with E-state index in [4.69, 9.17) is 37.4 Å². The van der Waals surface area contributed by atoms with Crippen LogP contribution < -0.4 is 9.47 Å². The van der Waals surface area contributed by atoms with Gasteiger partial charge in [-0.1, -0.05) is 47.5 Å². The van der Waals surface area contributed by atoms with Crippen molar-refractivity contribution in [2.24, 2.45) is 0 Å². The van der Waals surface area contributed by atoms with Gasteiger partial charge >= 0.3 is 11.9 Å². The Balaban J connectivity index is 0.000000192. The summed E-state index contributed by atoms with van der Waals surface area (Å²) in [6.45, 7) is 6.43. The maximum Gasteiger partial charge on any atom is 0.338 e. The number of carbonyl (C=O) groups is 2. The van der Waals surface area contributed by atoms with E-state index in [2.05, 4.69) is 9.97 Å². The number of halogens is 4. The van der Waals surface area contributed by atoms with Gasteiger partial charge in [0.1, 0.15) is 48.0 Å². The quantitative estimate of drug-likeness (QED) is 0.114. The molecule has 0 fully saturated rings. The van der Waals surface area contributed by atoms with Crippen LogP contribution in [0.4, 0.5) is 8.78 Å². The predicted molar refractivity (Wildman–Crippen MR) is 242 cm³/mol. The zero-order chi connectivity index (χ0) is 45.3. The minimum atomic E-state index is -1.03. The zero-order valence-electron chi connectivity index (χ0n) is 34.8. The average molecular weight is 902 g/mol. The second-order valence-electron chi connectivity index (χ2n) is 14.3. The molecule has 0 aliphatic heterocycles. The summed E-state index contributed by atoms with van der Waals surface area (Å²) in [5.74, 6) is 0.216. The average Bonchev–Trinajstić information content (AvgIpc) is 3.88. The van der Waals surface area contributed by atoms with Crippen molar-refractivity contribution in [3.05, 3.63) is 201 Å². The van der Waals surface area contributed by atoms with Crippen molar-refractivity contribution in [2.75, 3.05) is 6.61 Å². The van der Waals surface area contributed by atoms with Crippen molar-refractivity contribution >= 4 is 35.1 Å². The first-order valence-electron chi connectivity index (χ1n) is 19.9. The number of aromatic carboxylic acids is 1. The molecular formula is C50H40Cl2F2N4O6. The van der Waals surface area contributed by atoms with E-state index in [-0.39, 0.29) is 30.4 Å². The number of carboxylic acids is 1. The van der Waals surface area contributed by atoms with Gasteiger partial charge < -0.3 is 19.3 Å². The van der Waals surface area contributed by atoms with Gasteiger partial charge in [0.2, 0.25) is 0 Å². The molecule has 0 saturated heterocycles. The van der Waals surface area contributed by atoms with E-state index in [0.29, 0.717) is 45.4 Å². The van der Waals surface area contributed by atoms with E-state index in [0.717, 1.165) is 45.0 Å². The highest BCUT2D eigenvalue weighted by atomic mass is 35.5. The van der Waals surface area contributed by atoms with Gasteiger partial charge in [-0.05, 0) is 141 Å². The van der Waals surface area contributed by atoms with Crippen LogP contribution in [0.25, 0.3) is 34.2 Å². The lowest BCUT2D eigenvalue weighted by Crippen LogP contribution is -2.08. The first kappa shape index (κ1) is 44.8. The van der Waals surface area contributed by atoms with Gasteiger partial charge in [-0.3, -0.25) is 9.13 Å². The Labute approximate surface area is 377 Å². The van der Waals surface area contributed by atoms with E-state index in [1.807, 2.05) is 53.3 Å². The minimum absolute atomic E-state index is 0.142. The highest BCUT2D eigenvalue weighted by Gasteiger charge is 2.19. The van der Waals surface area contributed by atoms with Crippen LogP contribution in [-0.4, -0.2) is 42.8 Å². The van der Waals surface area contributed by atoms with Crippen LogP contribution in [0.15, 0.2) is 146 Å². The third kappa shape index (κ3) is 10.7. The number of carboxylic acid groups (broad SMARTS) is 1. The lowest BCUT2D eigenvalue weighted by molar-refractivity contribution is 0.0525. The number of nitrogens with zero attached hydrogens (tertiary/aromatic N) is 4. The molecule has 0 radical (unpaired) electrons. The Hall–Kier alpha value is -7.28. The standard InChI is InChI=1S/C26H22ClFN2O3.C24H18ClFN2O3/c1-3-32-26(31)19-12-13-29-25(14-19)30-17(2)4-10-23(30)22-15-20(27)7-11-24(22)33-16-18-5-8-21(28)9-6-18;1-15-2-8-21(28(15)23-12-17(24(29)30)10-11-27-23)20-13-18(25)5-9-22(20)31-14-16-3-6-19(26)7-4-16/h4-15H,3,16H2,1-2H3;2-13H,14H2,1H3,(H,29,30). The van der Waals surface area contributed by atoms with Crippen molar-refractivity contribution < 1.29 is 37.7 Å². The highest BCUT2D eigenvalue weighted by Crippen LogP contribution is 2.37. The van der Waals surface area contributed by atoms with Crippen molar-refractivity contribution in [3.8, 4) is 45.6 Å². The first-order chi connectivity index (χ1) is 30.9. The van der Waals surface area contributed by atoms with Gasteiger partial charge in [0.25, 0.3) is 0 Å². The Bertz CT molecular complexity index is 2930. The lowest BCUT2D eigenvalue weighted by atomic mass is 10.1. The maximum absolute atomic E-state index is 13.2. The SMILES string of the molecule is CCOC(=O)c1ccnc(-n2c(C)ccc2-c2cc(Cl)ccc2OCc2ccc(F)cc2)c1.Cc1ccc(-c2cc(Cl)ccc2OCc2ccc(F)cc2)n1-c1cc(C(=O)O)ccn1. The third-order valence-electron chi connectivity index (χ3n) is 9.91. The monoisotopic (exact) mass is 900 g/mol. The maximum atomic E-state index is 13.2. The number of carbonyl (C=O) groups excluding carboxylic acids is 1. The summed E-state index contributed by atoms with van der Waals surface area (Å²) < 4.78 is 47.4. The van der Waals surface area contributed by atoms with Crippen LogP contribution in [0.2, 0.25) is 10.0 Å². The van der Waals surface area contributed by atoms with Gasteiger partial charge in [-0.25, -0.2) is 28.3 Å². The van der Waals surface area contributed by atoms with Crippen LogP contribution in [0.3, 0.4) is 0 Å². The lowest BCUT2D eigenvalue weighted by Gasteiger charge is -2.16. The van der Waals surface area contributed by atoms with Crippen LogP contribution in [0, 0.1) is 25.5 Å². The number of pyridine rings is 2. The van der Waals surface area contributed by atoms with Gasteiger partial charge in [-0.2, -0.15) is 0 Å². The molecule has 0 saturated carbocycles. The smallest absolute Gasteiger partial charge is 0.338 e. The molecular weight excluding hydrogens is 861 g/mol. The fourth-order valence-electron chi connectivity index (χ4n) is 6.80. The van der Waals surface area contributed by atoms with Crippen LogP contribution in [0.1, 0.15) is 50.2 Å². The second kappa shape index (κ2) is 20.3. The normalized spacial score (nSPS) is 10.8. The number of aryl methyl sites for hydroxylation is 2. The van der Waals surface area contributed by atoms with Crippen LogP contribution >= 0.6 is 23.2 Å². The van der Waals surface area contributed by atoms with E-state index >= 15 is 0 Å². The highest BCUT2D eigenvalue weighted by molar-refractivity contribution is 6.31. The molecule has 0 unspecified atom stereocenters. The molecule has 324 valence electrons. The van der Waals surface area contributed by atoms with Crippen molar-refractivity contribution in [1.29, 1.82) is 0 Å². The molecule has 0 spiro atoms. The molecule has 0 amide bonds. The number of rotatable bonds is 13. The Kier molecular flexibility index (Phi) is 14.2. The summed E-state index contributed by atoms with van der Waals surface area (Å²) in [4.78, 5) is 32.5. The summed E-state index contributed by atoms with van der Waals surface area (Å²) in [5, 5.41) is 10.4. The van der Waals surface area contributed by atoms with Crippen molar-refractivity contribution in [3.63, 3.8) is 0 Å². The van der Waals surface area contributed by atoms with Crippen LogP contribution in [0.5, 0.6) is 11.5 Å². The van der Waals surface area contributed by atoms with Crippen molar-refractivity contribution in [1.82, 2.24) is 19.1 Å². The number of esters is 1. The molecule has 0 aliphatic rings. The molecule has 14 heteroatoms. The zero-order valence-corrected chi connectivity index (χ0v) is 36.3. The molecule has 4 aromatic carbocycles. The summed E-state index contributed by atoms with van der Waals surface area (Å²) in [6, 6.07) is 36.9. The van der Waals surface area contributed by atoms with E-state index < -0.39 is 11.9 Å². The third-order valence-corrected chi connectivity index (χ3v) is 10.4. The molecule has 8 aromatic rings. The largest absolute Gasteiger partial charge is 0.488 e. The number of ether oxygens (including phenoxy) is 3. The Morgan fingerprint density at radius 2 is 1.03 bits per heavy atom. The Morgan fingerprint density at radius 3 is 1.47 bits per heavy atom. The summed E-state index contributed by atoms with van der Waals surface area (Å²) >= 11 is 12.6. The molecule has 0 bridgehead atoms. The van der Waals surface area contributed by atoms with Crippen molar-refractivity contribution in [2.45, 2.75) is 34.0 Å². The topological polar surface area (TPSA) is 118 Å². The fourth-order valence-corrected chi connectivity index (χ4v) is 7.15.